The van der Waals surface area contributed by atoms with Crippen LogP contribution in [-0.2, 0) is 4.79 Å². The van der Waals surface area contributed by atoms with Crippen molar-refractivity contribution in [2.24, 2.45) is 11.8 Å². The van der Waals surface area contributed by atoms with Gasteiger partial charge in [-0.3, -0.25) is 4.79 Å². The molecule has 0 spiro atoms. The number of benzene rings is 1. The van der Waals surface area contributed by atoms with E-state index in [9.17, 15) is 31.5 Å². The minimum Gasteiger partial charge on any atom is -0.481 e. The molecule has 1 aromatic rings. The lowest BCUT2D eigenvalue weighted by Gasteiger charge is -2.23. The average molecular weight is 380 g/mol. The largest absolute Gasteiger partial charge is 0.481 e. The Labute approximate surface area is 145 Å². The SMILES string of the molecule is CCC(NC(=O)N1C[C@@H](C(F)(F)F)[C@H](C(=O)O)C1)c1cc(F)ccc1F. The molecule has 0 aromatic heterocycles. The van der Waals surface area contributed by atoms with Gasteiger partial charge in [-0.2, -0.15) is 13.2 Å². The van der Waals surface area contributed by atoms with Crippen LogP contribution in [0.15, 0.2) is 18.2 Å². The highest BCUT2D eigenvalue weighted by molar-refractivity contribution is 5.78. The molecule has 2 amide bonds. The van der Waals surface area contributed by atoms with Gasteiger partial charge in [-0.25, -0.2) is 13.6 Å². The van der Waals surface area contributed by atoms with Gasteiger partial charge in [-0.05, 0) is 24.6 Å². The maximum atomic E-state index is 13.9. The van der Waals surface area contributed by atoms with E-state index in [2.05, 4.69) is 5.32 Å². The predicted octanol–water partition coefficient (Wildman–Crippen LogP) is 3.32. The van der Waals surface area contributed by atoms with Crippen molar-refractivity contribution in [3.63, 3.8) is 0 Å². The predicted molar refractivity (Wildman–Crippen MR) is 80.2 cm³/mol. The second-order valence-electron chi connectivity index (χ2n) is 6.07. The number of alkyl halides is 3. The number of urea groups is 1. The molecule has 0 bridgehead atoms. The van der Waals surface area contributed by atoms with Crippen LogP contribution in [0.25, 0.3) is 0 Å². The van der Waals surface area contributed by atoms with E-state index < -0.39 is 60.8 Å². The summed E-state index contributed by atoms with van der Waals surface area (Å²) in [5, 5.41) is 11.3. The van der Waals surface area contributed by atoms with Crippen LogP contribution < -0.4 is 5.32 Å². The molecular formula is C16H17F5N2O3. The fraction of sp³-hybridized carbons (Fsp3) is 0.500. The summed E-state index contributed by atoms with van der Waals surface area (Å²) in [6.45, 7) is 0.152. The van der Waals surface area contributed by atoms with Gasteiger partial charge in [0.2, 0.25) is 0 Å². The fourth-order valence-corrected chi connectivity index (χ4v) is 2.97. The summed E-state index contributed by atoms with van der Waals surface area (Å²) in [6, 6.07) is 0.756. The van der Waals surface area contributed by atoms with Gasteiger partial charge in [0.1, 0.15) is 11.6 Å². The lowest BCUT2D eigenvalue weighted by atomic mass is 9.96. The number of amides is 2. The molecule has 0 radical (unpaired) electrons. The summed E-state index contributed by atoms with van der Waals surface area (Å²) in [6.07, 6.45) is -4.61. The number of carboxylic acids is 1. The molecule has 1 aliphatic rings. The van der Waals surface area contributed by atoms with Gasteiger partial charge < -0.3 is 15.3 Å². The van der Waals surface area contributed by atoms with Crippen LogP contribution in [0, 0.1) is 23.5 Å². The summed E-state index contributed by atoms with van der Waals surface area (Å²) >= 11 is 0. The highest BCUT2D eigenvalue weighted by Crippen LogP contribution is 2.38. The summed E-state index contributed by atoms with van der Waals surface area (Å²) in [7, 11) is 0. The van der Waals surface area contributed by atoms with Gasteiger partial charge in [0.05, 0.1) is 17.9 Å². The van der Waals surface area contributed by atoms with Crippen LogP contribution in [0.5, 0.6) is 0 Å². The molecule has 0 saturated carbocycles. The van der Waals surface area contributed by atoms with Crippen molar-refractivity contribution in [1.82, 2.24) is 10.2 Å². The van der Waals surface area contributed by atoms with E-state index in [1.54, 1.807) is 6.92 Å². The number of likely N-dealkylation sites (tertiary alicyclic amines) is 1. The minimum absolute atomic E-state index is 0.137. The summed E-state index contributed by atoms with van der Waals surface area (Å²) < 4.78 is 66.1. The van der Waals surface area contributed by atoms with Crippen LogP contribution in [0.2, 0.25) is 0 Å². The van der Waals surface area contributed by atoms with Crippen LogP contribution in [0.4, 0.5) is 26.7 Å². The van der Waals surface area contributed by atoms with E-state index in [4.69, 9.17) is 5.11 Å². The number of nitrogens with one attached hydrogen (secondary N) is 1. The molecular weight excluding hydrogens is 363 g/mol. The molecule has 144 valence electrons. The number of halogens is 5. The average Bonchev–Trinajstić information content (AvgIpc) is 3.01. The number of carbonyl (C=O) groups is 2. The third-order valence-corrected chi connectivity index (χ3v) is 4.38. The number of hydrogen-bond donors (Lipinski definition) is 2. The zero-order valence-electron chi connectivity index (χ0n) is 13.7. The standard InChI is InChI=1S/C16H17F5N2O3/c1-2-13(9-5-8(17)3-4-12(9)18)22-15(26)23-6-10(14(24)25)11(7-23)16(19,20)21/h3-5,10-11,13H,2,6-7H2,1H3,(H,22,26)(H,24,25)/t10-,11-,13?/m1/s1. The third-order valence-electron chi connectivity index (χ3n) is 4.38. The summed E-state index contributed by atoms with van der Waals surface area (Å²) in [4.78, 5) is 24.1. The molecule has 10 heteroatoms. The summed E-state index contributed by atoms with van der Waals surface area (Å²) in [5.74, 6) is -7.09. The van der Waals surface area contributed by atoms with Gasteiger partial charge in [0.25, 0.3) is 0 Å². The van der Waals surface area contributed by atoms with Crippen molar-refractivity contribution >= 4 is 12.0 Å². The second kappa shape index (κ2) is 7.46. The Morgan fingerprint density at radius 3 is 2.46 bits per heavy atom. The van der Waals surface area contributed by atoms with Gasteiger partial charge >= 0.3 is 18.2 Å². The minimum atomic E-state index is -4.77. The Morgan fingerprint density at radius 2 is 1.96 bits per heavy atom. The monoisotopic (exact) mass is 380 g/mol. The Hall–Kier alpha value is -2.39. The summed E-state index contributed by atoms with van der Waals surface area (Å²) in [5.41, 5.74) is -0.137. The molecule has 1 saturated heterocycles. The van der Waals surface area contributed by atoms with Crippen molar-refractivity contribution in [2.45, 2.75) is 25.6 Å². The van der Waals surface area contributed by atoms with Gasteiger partial charge in [0, 0.05) is 18.7 Å². The van der Waals surface area contributed by atoms with E-state index in [1.807, 2.05) is 0 Å². The van der Waals surface area contributed by atoms with Crippen molar-refractivity contribution in [1.29, 1.82) is 0 Å². The molecule has 26 heavy (non-hydrogen) atoms. The molecule has 1 fully saturated rings. The molecule has 1 aromatic carbocycles. The normalized spacial score (nSPS) is 21.5. The zero-order valence-corrected chi connectivity index (χ0v) is 13.7. The highest BCUT2D eigenvalue weighted by atomic mass is 19.4. The fourth-order valence-electron chi connectivity index (χ4n) is 2.97. The first-order chi connectivity index (χ1) is 12.0. The van der Waals surface area contributed by atoms with E-state index in [-0.39, 0.29) is 12.0 Å². The molecule has 2 rings (SSSR count). The molecule has 2 N–H and O–H groups in total. The van der Waals surface area contributed by atoms with E-state index in [0.717, 1.165) is 23.1 Å². The first-order valence-corrected chi connectivity index (χ1v) is 7.84. The zero-order chi connectivity index (χ0) is 19.6. The Bertz CT molecular complexity index is 695. The first kappa shape index (κ1) is 19.9. The number of hydrogen-bond acceptors (Lipinski definition) is 2. The van der Waals surface area contributed by atoms with Crippen LogP contribution in [0.1, 0.15) is 24.9 Å². The van der Waals surface area contributed by atoms with Crippen LogP contribution >= 0.6 is 0 Å². The van der Waals surface area contributed by atoms with Crippen molar-refractivity contribution in [3.05, 3.63) is 35.4 Å². The second-order valence-corrected chi connectivity index (χ2v) is 6.07. The Kier molecular flexibility index (Phi) is 5.72. The van der Waals surface area contributed by atoms with E-state index >= 15 is 0 Å². The smallest absolute Gasteiger partial charge is 0.394 e. The highest BCUT2D eigenvalue weighted by Gasteiger charge is 2.53. The molecule has 1 unspecified atom stereocenters. The number of nitrogens with zero attached hydrogens (tertiary/aromatic N) is 1. The third kappa shape index (κ3) is 4.23. The van der Waals surface area contributed by atoms with E-state index in [1.165, 1.54) is 0 Å². The van der Waals surface area contributed by atoms with Crippen molar-refractivity contribution in [2.75, 3.05) is 13.1 Å². The van der Waals surface area contributed by atoms with Crippen molar-refractivity contribution < 1.29 is 36.6 Å². The lowest BCUT2D eigenvalue weighted by molar-refractivity contribution is -0.187. The number of aliphatic carboxylic acids is 1. The maximum Gasteiger partial charge on any atom is 0.394 e. The van der Waals surface area contributed by atoms with Crippen LogP contribution in [-0.4, -0.2) is 41.3 Å². The molecule has 5 nitrogen and oxygen atoms in total. The van der Waals surface area contributed by atoms with E-state index in [0.29, 0.717) is 0 Å². The Balaban J connectivity index is 2.16. The van der Waals surface area contributed by atoms with Gasteiger partial charge in [0.15, 0.2) is 0 Å². The number of carboxylic acid groups (broad SMARTS) is 1. The van der Waals surface area contributed by atoms with Crippen LogP contribution in [0.3, 0.4) is 0 Å². The molecule has 3 atom stereocenters. The lowest BCUT2D eigenvalue weighted by Crippen LogP contribution is -2.41. The molecule has 1 heterocycles. The van der Waals surface area contributed by atoms with Gasteiger partial charge in [-0.1, -0.05) is 6.92 Å². The van der Waals surface area contributed by atoms with Gasteiger partial charge in [-0.15, -0.1) is 0 Å². The van der Waals surface area contributed by atoms with Crippen molar-refractivity contribution in [3.8, 4) is 0 Å². The first-order valence-electron chi connectivity index (χ1n) is 7.84. The molecule has 0 aliphatic carbocycles. The molecule has 1 aliphatic heterocycles. The number of rotatable bonds is 4. The topological polar surface area (TPSA) is 69.6 Å². The quantitative estimate of drug-likeness (QED) is 0.788. The Morgan fingerprint density at radius 1 is 1.31 bits per heavy atom. The maximum absolute atomic E-state index is 13.9. The number of carbonyl (C=O) groups excluding carboxylic acids is 1.